The number of aromatic nitrogens is 2. The van der Waals surface area contributed by atoms with Crippen LogP contribution >= 0.6 is 11.3 Å². The number of pyridine rings is 1. The largest absolute Gasteiger partial charge is 0.387 e. The third-order valence-electron chi connectivity index (χ3n) is 1.87. The van der Waals surface area contributed by atoms with Crippen molar-refractivity contribution in [1.82, 2.24) is 9.97 Å². The molecule has 1 unspecified atom stereocenters. The van der Waals surface area contributed by atoms with Gasteiger partial charge in [0.25, 0.3) is 0 Å². The number of aliphatic hydroxyl groups is 1. The van der Waals surface area contributed by atoms with Gasteiger partial charge in [0.05, 0.1) is 15.8 Å². The predicted octanol–water partition coefficient (Wildman–Crippen LogP) is 2.19. The molecule has 0 aliphatic heterocycles. The van der Waals surface area contributed by atoms with Crippen LogP contribution in [0.2, 0.25) is 0 Å². The maximum Gasteiger partial charge on any atom is 0.171 e. The van der Waals surface area contributed by atoms with Crippen molar-refractivity contribution >= 4 is 21.7 Å². The number of halogens is 1. The van der Waals surface area contributed by atoms with Crippen LogP contribution in [0.1, 0.15) is 23.7 Å². The molecule has 0 saturated carbocycles. The highest BCUT2D eigenvalue weighted by Crippen LogP contribution is 2.24. The molecule has 74 valence electrons. The summed E-state index contributed by atoms with van der Waals surface area (Å²) >= 11 is 1.39. The Morgan fingerprint density at radius 1 is 1.50 bits per heavy atom. The van der Waals surface area contributed by atoms with Crippen molar-refractivity contribution in [3.8, 4) is 0 Å². The molecule has 2 aromatic heterocycles. The van der Waals surface area contributed by atoms with Gasteiger partial charge in [-0.05, 0) is 19.9 Å². The molecule has 0 amide bonds. The SMILES string of the molecule is Cc1nc2nc(C(C)O)c(F)cc2s1. The van der Waals surface area contributed by atoms with Crippen molar-refractivity contribution in [2.75, 3.05) is 0 Å². The number of nitrogens with zero attached hydrogens (tertiary/aromatic N) is 2. The lowest BCUT2D eigenvalue weighted by molar-refractivity contribution is 0.189. The molecule has 0 radical (unpaired) electrons. The van der Waals surface area contributed by atoms with Gasteiger partial charge in [0.15, 0.2) is 5.65 Å². The monoisotopic (exact) mass is 212 g/mol. The topological polar surface area (TPSA) is 46.0 Å². The van der Waals surface area contributed by atoms with E-state index in [2.05, 4.69) is 9.97 Å². The van der Waals surface area contributed by atoms with Crippen LogP contribution < -0.4 is 0 Å². The summed E-state index contributed by atoms with van der Waals surface area (Å²) in [5, 5.41) is 10.1. The first kappa shape index (κ1) is 9.48. The molecule has 2 aromatic rings. The predicted molar refractivity (Wildman–Crippen MR) is 52.7 cm³/mol. The van der Waals surface area contributed by atoms with E-state index in [1.165, 1.54) is 24.3 Å². The summed E-state index contributed by atoms with van der Waals surface area (Å²) in [5.41, 5.74) is 0.563. The third-order valence-corrected chi connectivity index (χ3v) is 2.77. The zero-order valence-electron chi connectivity index (χ0n) is 7.78. The van der Waals surface area contributed by atoms with Crippen LogP contribution in [0.4, 0.5) is 4.39 Å². The molecule has 2 rings (SSSR count). The van der Waals surface area contributed by atoms with Gasteiger partial charge in [0.1, 0.15) is 11.5 Å². The second-order valence-corrected chi connectivity index (χ2v) is 4.32. The molecule has 0 aromatic carbocycles. The van der Waals surface area contributed by atoms with E-state index in [-0.39, 0.29) is 5.69 Å². The van der Waals surface area contributed by atoms with Gasteiger partial charge in [0, 0.05) is 0 Å². The summed E-state index contributed by atoms with van der Waals surface area (Å²) < 4.78 is 14.0. The zero-order chi connectivity index (χ0) is 10.3. The number of hydrogen-bond donors (Lipinski definition) is 1. The highest BCUT2D eigenvalue weighted by molar-refractivity contribution is 7.18. The van der Waals surface area contributed by atoms with Crippen LogP contribution in [0.5, 0.6) is 0 Å². The van der Waals surface area contributed by atoms with Crippen LogP contribution in [0, 0.1) is 12.7 Å². The Kier molecular flexibility index (Phi) is 2.20. The fourth-order valence-electron chi connectivity index (χ4n) is 1.26. The van der Waals surface area contributed by atoms with Crippen LogP contribution in [-0.2, 0) is 0 Å². The second kappa shape index (κ2) is 3.25. The summed E-state index contributed by atoms with van der Waals surface area (Å²) in [7, 11) is 0. The van der Waals surface area contributed by atoms with E-state index in [1.54, 1.807) is 0 Å². The Morgan fingerprint density at radius 3 is 2.86 bits per heavy atom. The van der Waals surface area contributed by atoms with Crippen LogP contribution in [-0.4, -0.2) is 15.1 Å². The fourth-order valence-corrected chi connectivity index (χ4v) is 2.05. The molecule has 0 spiro atoms. The zero-order valence-corrected chi connectivity index (χ0v) is 8.60. The van der Waals surface area contributed by atoms with Crippen molar-refractivity contribution in [2.45, 2.75) is 20.0 Å². The molecular weight excluding hydrogens is 203 g/mol. The lowest BCUT2D eigenvalue weighted by atomic mass is 10.2. The number of rotatable bonds is 1. The Balaban J connectivity index is 2.70. The van der Waals surface area contributed by atoms with Crippen LogP contribution in [0.25, 0.3) is 10.3 Å². The van der Waals surface area contributed by atoms with Crippen molar-refractivity contribution in [2.24, 2.45) is 0 Å². The molecule has 1 atom stereocenters. The van der Waals surface area contributed by atoms with Gasteiger partial charge in [-0.25, -0.2) is 14.4 Å². The number of fused-ring (bicyclic) bond motifs is 1. The molecule has 0 saturated heterocycles. The maximum atomic E-state index is 13.3. The highest BCUT2D eigenvalue weighted by atomic mass is 32.1. The van der Waals surface area contributed by atoms with E-state index < -0.39 is 11.9 Å². The maximum absolute atomic E-state index is 13.3. The van der Waals surface area contributed by atoms with Gasteiger partial charge in [-0.1, -0.05) is 0 Å². The molecule has 5 heteroatoms. The van der Waals surface area contributed by atoms with Gasteiger partial charge in [-0.15, -0.1) is 11.3 Å². The summed E-state index contributed by atoms with van der Waals surface area (Å²) in [6, 6.07) is 1.37. The fraction of sp³-hybridized carbons (Fsp3) is 0.333. The molecule has 0 aliphatic rings. The van der Waals surface area contributed by atoms with Crippen molar-refractivity contribution in [1.29, 1.82) is 0 Å². The Bertz CT molecular complexity index is 481. The lowest BCUT2D eigenvalue weighted by Gasteiger charge is -2.03. The minimum Gasteiger partial charge on any atom is -0.387 e. The van der Waals surface area contributed by atoms with Crippen molar-refractivity contribution < 1.29 is 9.50 Å². The number of hydrogen-bond acceptors (Lipinski definition) is 4. The Morgan fingerprint density at radius 2 is 2.21 bits per heavy atom. The van der Waals surface area contributed by atoms with Crippen molar-refractivity contribution in [3.05, 3.63) is 22.6 Å². The minimum absolute atomic E-state index is 0.0581. The van der Waals surface area contributed by atoms with E-state index >= 15 is 0 Å². The molecular formula is C9H9FN2OS. The van der Waals surface area contributed by atoms with Crippen LogP contribution in [0.3, 0.4) is 0 Å². The summed E-state index contributed by atoms with van der Waals surface area (Å²) in [6.45, 7) is 3.32. The number of thiazole rings is 1. The van der Waals surface area contributed by atoms with Crippen molar-refractivity contribution in [3.63, 3.8) is 0 Å². The molecule has 0 bridgehead atoms. The van der Waals surface area contributed by atoms with E-state index in [4.69, 9.17) is 0 Å². The number of aryl methyl sites for hydroxylation is 1. The molecule has 3 nitrogen and oxygen atoms in total. The van der Waals surface area contributed by atoms with Gasteiger partial charge >= 0.3 is 0 Å². The van der Waals surface area contributed by atoms with Gasteiger partial charge in [-0.2, -0.15) is 0 Å². The summed E-state index contributed by atoms with van der Waals surface area (Å²) in [5.74, 6) is -0.476. The third kappa shape index (κ3) is 1.49. The van der Waals surface area contributed by atoms with Gasteiger partial charge < -0.3 is 5.11 Å². The first-order valence-corrected chi connectivity index (χ1v) is 5.01. The Hall–Kier alpha value is -1.07. The summed E-state index contributed by atoms with van der Waals surface area (Å²) in [6.07, 6.45) is -0.901. The highest BCUT2D eigenvalue weighted by Gasteiger charge is 2.13. The quantitative estimate of drug-likeness (QED) is 0.788. The molecule has 2 heterocycles. The summed E-state index contributed by atoms with van der Waals surface area (Å²) in [4.78, 5) is 8.10. The average molecular weight is 212 g/mol. The Labute approximate surface area is 84.2 Å². The molecule has 1 N–H and O–H groups in total. The van der Waals surface area contributed by atoms with E-state index in [1.807, 2.05) is 6.92 Å². The lowest BCUT2D eigenvalue weighted by Crippen LogP contribution is -1.99. The van der Waals surface area contributed by atoms with Gasteiger partial charge in [0.2, 0.25) is 0 Å². The van der Waals surface area contributed by atoms with Crippen LogP contribution in [0.15, 0.2) is 6.07 Å². The minimum atomic E-state index is -0.901. The van der Waals surface area contributed by atoms with E-state index in [9.17, 15) is 9.50 Å². The average Bonchev–Trinajstić information content (AvgIpc) is 2.42. The second-order valence-electron chi connectivity index (χ2n) is 3.09. The standard InChI is InChI=1S/C9H9FN2OS/c1-4(13)8-6(10)3-7-9(12-8)11-5(2)14-7/h3-4,13H,1-2H3. The van der Waals surface area contributed by atoms with Gasteiger partial charge in [-0.3, -0.25) is 0 Å². The normalized spacial score (nSPS) is 13.4. The van der Waals surface area contributed by atoms with E-state index in [0.717, 1.165) is 5.01 Å². The number of aliphatic hydroxyl groups excluding tert-OH is 1. The van der Waals surface area contributed by atoms with E-state index in [0.29, 0.717) is 10.3 Å². The smallest absolute Gasteiger partial charge is 0.171 e. The first-order valence-electron chi connectivity index (χ1n) is 4.19. The molecule has 0 fully saturated rings. The molecule has 14 heavy (non-hydrogen) atoms. The molecule has 0 aliphatic carbocycles. The first-order chi connectivity index (χ1) is 6.58.